The number of likely N-dealkylation sites (tertiary alicyclic amines) is 1. The molecule has 5 heteroatoms. The molecule has 0 unspecified atom stereocenters. The second-order valence-electron chi connectivity index (χ2n) is 5.68. The van der Waals surface area contributed by atoms with Crippen molar-refractivity contribution in [1.29, 1.82) is 0 Å². The van der Waals surface area contributed by atoms with E-state index < -0.39 is 0 Å². The third kappa shape index (κ3) is 4.13. The van der Waals surface area contributed by atoms with Crippen molar-refractivity contribution < 1.29 is 4.79 Å². The van der Waals surface area contributed by atoms with Crippen molar-refractivity contribution in [3.63, 3.8) is 0 Å². The quantitative estimate of drug-likeness (QED) is 0.724. The highest BCUT2D eigenvalue weighted by Gasteiger charge is 2.16. The first kappa shape index (κ1) is 14.7. The number of benzene rings is 1. The summed E-state index contributed by atoms with van der Waals surface area (Å²) in [6.07, 6.45) is 3.48. The molecule has 1 heterocycles. The molecular weight excluding hydrogens is 252 g/mol. The monoisotopic (exact) mass is 276 g/mol. The zero-order chi connectivity index (χ0) is 14.5. The van der Waals surface area contributed by atoms with E-state index in [1.165, 1.54) is 12.8 Å². The molecular formula is C15H24N4O. The molecule has 1 aliphatic heterocycles. The average molecular weight is 276 g/mol. The van der Waals surface area contributed by atoms with E-state index in [2.05, 4.69) is 17.3 Å². The fourth-order valence-electron chi connectivity index (χ4n) is 2.65. The number of nitrogen functional groups attached to an aromatic ring is 2. The smallest absolute Gasteiger partial charge is 0.251 e. The van der Waals surface area contributed by atoms with Crippen LogP contribution in [0, 0.1) is 5.92 Å². The minimum Gasteiger partial charge on any atom is -0.399 e. The second kappa shape index (κ2) is 6.61. The van der Waals surface area contributed by atoms with Gasteiger partial charge in [-0.05, 0) is 63.5 Å². The average Bonchev–Trinajstić information content (AvgIpc) is 2.40. The molecule has 0 bridgehead atoms. The van der Waals surface area contributed by atoms with Gasteiger partial charge in [-0.1, -0.05) is 0 Å². The fourth-order valence-corrected chi connectivity index (χ4v) is 2.65. The number of hydrogen-bond acceptors (Lipinski definition) is 4. The first-order valence-electron chi connectivity index (χ1n) is 7.17. The van der Waals surface area contributed by atoms with Gasteiger partial charge in [0.2, 0.25) is 0 Å². The summed E-state index contributed by atoms with van der Waals surface area (Å²) in [4.78, 5) is 14.4. The third-order valence-corrected chi connectivity index (χ3v) is 3.92. The predicted octanol–water partition coefficient (Wildman–Crippen LogP) is 1.31. The van der Waals surface area contributed by atoms with Crippen LogP contribution >= 0.6 is 0 Å². The van der Waals surface area contributed by atoms with Gasteiger partial charge in [0.1, 0.15) is 0 Å². The Morgan fingerprint density at radius 1 is 1.25 bits per heavy atom. The number of nitrogens with one attached hydrogen (secondary N) is 1. The highest BCUT2D eigenvalue weighted by molar-refractivity contribution is 5.96. The van der Waals surface area contributed by atoms with Gasteiger partial charge in [-0.25, -0.2) is 0 Å². The zero-order valence-corrected chi connectivity index (χ0v) is 12.1. The molecule has 110 valence electrons. The topological polar surface area (TPSA) is 84.4 Å². The number of hydrogen-bond donors (Lipinski definition) is 3. The number of piperidine rings is 1. The van der Waals surface area contributed by atoms with Crippen molar-refractivity contribution in [3.05, 3.63) is 23.8 Å². The van der Waals surface area contributed by atoms with E-state index in [9.17, 15) is 4.79 Å². The number of carbonyl (C=O) groups is 1. The van der Waals surface area contributed by atoms with Crippen LogP contribution in [-0.4, -0.2) is 37.5 Å². The van der Waals surface area contributed by atoms with Gasteiger partial charge >= 0.3 is 0 Å². The molecule has 0 saturated carbocycles. The Labute approximate surface area is 120 Å². The number of amides is 1. The van der Waals surface area contributed by atoms with E-state index in [-0.39, 0.29) is 5.91 Å². The standard InChI is InChI=1S/C15H24N4O/c1-19-6-3-11(4-7-19)2-5-18-15(20)12-8-13(16)10-14(17)9-12/h8-11H,2-7,16-17H2,1H3,(H,18,20). The molecule has 0 radical (unpaired) electrons. The second-order valence-corrected chi connectivity index (χ2v) is 5.68. The molecule has 2 rings (SSSR count). The van der Waals surface area contributed by atoms with Crippen LogP contribution in [0.25, 0.3) is 0 Å². The van der Waals surface area contributed by atoms with E-state index >= 15 is 0 Å². The van der Waals surface area contributed by atoms with Crippen molar-refractivity contribution in [2.24, 2.45) is 5.92 Å². The van der Waals surface area contributed by atoms with Crippen LogP contribution in [0.3, 0.4) is 0 Å². The largest absolute Gasteiger partial charge is 0.399 e. The summed E-state index contributed by atoms with van der Waals surface area (Å²) in [5.41, 5.74) is 13.0. The summed E-state index contributed by atoms with van der Waals surface area (Å²) < 4.78 is 0. The number of rotatable bonds is 4. The van der Waals surface area contributed by atoms with Gasteiger partial charge in [-0.2, -0.15) is 0 Å². The molecule has 0 aromatic heterocycles. The van der Waals surface area contributed by atoms with Crippen molar-refractivity contribution in [3.8, 4) is 0 Å². The maximum atomic E-state index is 12.0. The Morgan fingerprint density at radius 3 is 2.45 bits per heavy atom. The predicted molar refractivity (Wildman–Crippen MR) is 82.4 cm³/mol. The lowest BCUT2D eigenvalue weighted by Crippen LogP contribution is -2.32. The van der Waals surface area contributed by atoms with E-state index in [0.29, 0.717) is 23.5 Å². The van der Waals surface area contributed by atoms with E-state index in [0.717, 1.165) is 25.4 Å². The van der Waals surface area contributed by atoms with Crippen LogP contribution in [0.5, 0.6) is 0 Å². The Morgan fingerprint density at radius 2 is 1.85 bits per heavy atom. The van der Waals surface area contributed by atoms with Crippen LogP contribution in [0.4, 0.5) is 11.4 Å². The van der Waals surface area contributed by atoms with Crippen molar-refractivity contribution in [2.75, 3.05) is 38.1 Å². The normalized spacial score (nSPS) is 17.1. The summed E-state index contributed by atoms with van der Waals surface area (Å²) >= 11 is 0. The lowest BCUT2D eigenvalue weighted by molar-refractivity contribution is 0.0949. The van der Waals surface area contributed by atoms with Crippen molar-refractivity contribution in [1.82, 2.24) is 10.2 Å². The molecule has 0 aliphatic carbocycles. The highest BCUT2D eigenvalue weighted by atomic mass is 16.1. The van der Waals surface area contributed by atoms with Gasteiger partial charge in [-0.3, -0.25) is 4.79 Å². The molecule has 20 heavy (non-hydrogen) atoms. The molecule has 0 atom stereocenters. The Balaban J connectivity index is 1.77. The van der Waals surface area contributed by atoms with Crippen LogP contribution in [0.2, 0.25) is 0 Å². The molecule has 1 fully saturated rings. The SMILES string of the molecule is CN1CCC(CCNC(=O)c2cc(N)cc(N)c2)CC1. The van der Waals surface area contributed by atoms with Gasteiger partial charge in [0.25, 0.3) is 5.91 Å². The van der Waals surface area contributed by atoms with Crippen LogP contribution in [0.1, 0.15) is 29.6 Å². The van der Waals surface area contributed by atoms with Gasteiger partial charge in [-0.15, -0.1) is 0 Å². The number of carbonyl (C=O) groups excluding carboxylic acids is 1. The van der Waals surface area contributed by atoms with Crippen molar-refractivity contribution in [2.45, 2.75) is 19.3 Å². The summed E-state index contributed by atoms with van der Waals surface area (Å²) in [5.74, 6) is 0.620. The minimum absolute atomic E-state index is 0.100. The highest BCUT2D eigenvalue weighted by Crippen LogP contribution is 2.19. The number of nitrogens with two attached hydrogens (primary N) is 2. The maximum absolute atomic E-state index is 12.0. The molecule has 1 aromatic carbocycles. The molecule has 1 saturated heterocycles. The number of nitrogens with zero attached hydrogens (tertiary/aromatic N) is 1. The Kier molecular flexibility index (Phi) is 4.84. The molecule has 5 N–H and O–H groups in total. The third-order valence-electron chi connectivity index (χ3n) is 3.92. The molecule has 1 aromatic rings. The molecule has 1 amide bonds. The first-order chi connectivity index (χ1) is 9.54. The zero-order valence-electron chi connectivity index (χ0n) is 12.1. The van der Waals surface area contributed by atoms with Crippen LogP contribution in [-0.2, 0) is 0 Å². The van der Waals surface area contributed by atoms with E-state index in [1.807, 2.05) is 0 Å². The first-order valence-corrected chi connectivity index (χ1v) is 7.17. The minimum atomic E-state index is -0.100. The van der Waals surface area contributed by atoms with Gasteiger partial charge in [0.15, 0.2) is 0 Å². The number of anilines is 2. The Bertz CT molecular complexity index is 447. The van der Waals surface area contributed by atoms with Crippen LogP contribution < -0.4 is 16.8 Å². The summed E-state index contributed by atoms with van der Waals surface area (Å²) in [6, 6.07) is 4.96. The Hall–Kier alpha value is -1.75. The lowest BCUT2D eigenvalue weighted by Gasteiger charge is -2.28. The maximum Gasteiger partial charge on any atom is 0.251 e. The van der Waals surface area contributed by atoms with Crippen LogP contribution in [0.15, 0.2) is 18.2 Å². The summed E-state index contributed by atoms with van der Waals surface area (Å²) in [6.45, 7) is 3.02. The summed E-state index contributed by atoms with van der Waals surface area (Å²) in [5, 5.41) is 2.95. The summed E-state index contributed by atoms with van der Waals surface area (Å²) in [7, 11) is 2.15. The lowest BCUT2D eigenvalue weighted by atomic mass is 9.94. The fraction of sp³-hybridized carbons (Fsp3) is 0.533. The van der Waals surface area contributed by atoms with Gasteiger partial charge < -0.3 is 21.7 Å². The van der Waals surface area contributed by atoms with Gasteiger partial charge in [0, 0.05) is 23.5 Å². The van der Waals surface area contributed by atoms with Crippen molar-refractivity contribution >= 4 is 17.3 Å². The van der Waals surface area contributed by atoms with E-state index in [1.54, 1.807) is 18.2 Å². The molecule has 5 nitrogen and oxygen atoms in total. The molecule has 1 aliphatic rings. The molecule has 0 spiro atoms. The van der Waals surface area contributed by atoms with E-state index in [4.69, 9.17) is 11.5 Å². The van der Waals surface area contributed by atoms with Gasteiger partial charge in [0.05, 0.1) is 0 Å².